The first-order valence-electron chi connectivity index (χ1n) is 8.74. The fourth-order valence-corrected chi connectivity index (χ4v) is 3.09. The number of nitrogens with two attached hydrogens (primary N) is 1. The number of ether oxygens (including phenoxy) is 3. The van der Waals surface area contributed by atoms with Gasteiger partial charge in [0.15, 0.2) is 11.5 Å². The first kappa shape index (κ1) is 19.0. The minimum Gasteiger partial charge on any atom is -0.493 e. The number of hydrogen-bond donors (Lipinski definition) is 1. The maximum absolute atomic E-state index is 12.2. The van der Waals surface area contributed by atoms with Crippen molar-refractivity contribution in [3.63, 3.8) is 0 Å². The SMILES string of the molecule is COc1cc2nc(N3CCN(C(=O)[C@H](C)OC)CC3)nc(N)c2cc1OC. The molecule has 0 bridgehead atoms. The smallest absolute Gasteiger partial charge is 0.251 e. The molecule has 1 aromatic heterocycles. The van der Waals surface area contributed by atoms with E-state index in [2.05, 4.69) is 9.97 Å². The van der Waals surface area contributed by atoms with Crippen LogP contribution >= 0.6 is 0 Å². The lowest BCUT2D eigenvalue weighted by atomic mass is 10.2. The molecule has 0 saturated carbocycles. The van der Waals surface area contributed by atoms with Crippen LogP contribution in [0.1, 0.15) is 6.92 Å². The average molecular weight is 375 g/mol. The number of nitrogens with zero attached hydrogens (tertiary/aromatic N) is 4. The maximum atomic E-state index is 12.2. The lowest BCUT2D eigenvalue weighted by Crippen LogP contribution is -2.51. The summed E-state index contributed by atoms with van der Waals surface area (Å²) in [5.41, 5.74) is 6.84. The lowest BCUT2D eigenvalue weighted by Gasteiger charge is -2.35. The molecule has 1 aromatic carbocycles. The molecule has 9 nitrogen and oxygen atoms in total. The van der Waals surface area contributed by atoms with Gasteiger partial charge in [0.25, 0.3) is 5.91 Å². The molecule has 1 saturated heterocycles. The van der Waals surface area contributed by atoms with E-state index in [1.54, 1.807) is 38.2 Å². The van der Waals surface area contributed by atoms with Crippen LogP contribution in [-0.2, 0) is 9.53 Å². The number of carbonyl (C=O) groups excluding carboxylic acids is 1. The van der Waals surface area contributed by atoms with Gasteiger partial charge in [-0.05, 0) is 13.0 Å². The van der Waals surface area contributed by atoms with Crippen molar-refractivity contribution in [2.24, 2.45) is 0 Å². The van der Waals surface area contributed by atoms with Crippen LogP contribution in [0, 0.1) is 0 Å². The van der Waals surface area contributed by atoms with Crippen molar-refractivity contribution >= 4 is 28.6 Å². The number of hydrogen-bond acceptors (Lipinski definition) is 8. The van der Waals surface area contributed by atoms with E-state index in [1.807, 2.05) is 4.90 Å². The van der Waals surface area contributed by atoms with Crippen LogP contribution in [0.25, 0.3) is 10.9 Å². The van der Waals surface area contributed by atoms with Gasteiger partial charge in [0.1, 0.15) is 11.9 Å². The minimum atomic E-state index is -0.438. The number of amides is 1. The number of anilines is 2. The lowest BCUT2D eigenvalue weighted by molar-refractivity contribution is -0.141. The van der Waals surface area contributed by atoms with Crippen molar-refractivity contribution < 1.29 is 19.0 Å². The van der Waals surface area contributed by atoms with Crippen LogP contribution in [-0.4, -0.2) is 74.4 Å². The molecule has 1 atom stereocenters. The van der Waals surface area contributed by atoms with Crippen molar-refractivity contribution in [1.29, 1.82) is 0 Å². The summed E-state index contributed by atoms with van der Waals surface area (Å²) in [5, 5.41) is 0.708. The third-order valence-electron chi connectivity index (χ3n) is 4.79. The number of aromatic nitrogens is 2. The van der Waals surface area contributed by atoms with E-state index in [4.69, 9.17) is 19.9 Å². The Kier molecular flexibility index (Phi) is 5.50. The van der Waals surface area contributed by atoms with Gasteiger partial charge in [0.05, 0.1) is 19.7 Å². The van der Waals surface area contributed by atoms with E-state index in [0.717, 1.165) is 0 Å². The molecule has 2 N–H and O–H groups in total. The summed E-state index contributed by atoms with van der Waals surface area (Å²) in [6.07, 6.45) is -0.438. The van der Waals surface area contributed by atoms with Crippen molar-refractivity contribution in [2.45, 2.75) is 13.0 Å². The predicted molar refractivity (Wildman–Crippen MR) is 102 cm³/mol. The number of rotatable bonds is 5. The zero-order valence-corrected chi connectivity index (χ0v) is 16.1. The second-order valence-electron chi connectivity index (χ2n) is 6.32. The highest BCUT2D eigenvalue weighted by Crippen LogP contribution is 2.34. The molecule has 9 heteroatoms. The van der Waals surface area contributed by atoms with Gasteiger partial charge in [0.2, 0.25) is 5.95 Å². The van der Waals surface area contributed by atoms with Gasteiger partial charge in [-0.15, -0.1) is 0 Å². The molecule has 0 radical (unpaired) electrons. The largest absolute Gasteiger partial charge is 0.493 e. The molecule has 2 heterocycles. The van der Waals surface area contributed by atoms with Crippen molar-refractivity contribution in [3.05, 3.63) is 12.1 Å². The molecular weight excluding hydrogens is 350 g/mol. The highest BCUT2D eigenvalue weighted by atomic mass is 16.5. The van der Waals surface area contributed by atoms with E-state index in [0.29, 0.717) is 60.3 Å². The Morgan fingerprint density at radius 1 is 1.07 bits per heavy atom. The Labute approximate surface area is 158 Å². The number of piperazine rings is 1. The molecule has 27 heavy (non-hydrogen) atoms. The predicted octanol–water partition coefficient (Wildman–Crippen LogP) is 0.913. The first-order chi connectivity index (χ1) is 13.0. The van der Waals surface area contributed by atoms with Gasteiger partial charge in [-0.25, -0.2) is 4.98 Å². The summed E-state index contributed by atoms with van der Waals surface area (Å²) in [6.45, 7) is 4.17. The monoisotopic (exact) mass is 375 g/mol. The van der Waals surface area contributed by atoms with Crippen molar-refractivity contribution in [1.82, 2.24) is 14.9 Å². The quantitative estimate of drug-likeness (QED) is 0.823. The summed E-state index contributed by atoms with van der Waals surface area (Å²) in [4.78, 5) is 25.1. The Morgan fingerprint density at radius 2 is 1.70 bits per heavy atom. The van der Waals surface area contributed by atoms with Gasteiger partial charge in [0, 0.05) is 44.7 Å². The normalized spacial score (nSPS) is 15.7. The topological polar surface area (TPSA) is 103 Å². The third-order valence-corrected chi connectivity index (χ3v) is 4.79. The molecule has 1 amide bonds. The average Bonchev–Trinajstić information content (AvgIpc) is 2.71. The molecule has 3 rings (SSSR count). The number of nitrogen functional groups attached to an aromatic ring is 1. The molecule has 0 aliphatic carbocycles. The van der Waals surface area contributed by atoms with Gasteiger partial charge in [-0.2, -0.15) is 4.98 Å². The summed E-state index contributed by atoms with van der Waals surface area (Å²) < 4.78 is 15.8. The third kappa shape index (κ3) is 3.68. The Morgan fingerprint density at radius 3 is 2.30 bits per heavy atom. The molecule has 1 fully saturated rings. The molecule has 146 valence electrons. The summed E-state index contributed by atoms with van der Waals surface area (Å²) in [7, 11) is 4.68. The molecule has 0 spiro atoms. The van der Waals surface area contributed by atoms with E-state index < -0.39 is 6.10 Å². The van der Waals surface area contributed by atoms with Crippen LogP contribution in [0.5, 0.6) is 11.5 Å². The Bertz CT molecular complexity index is 836. The maximum Gasteiger partial charge on any atom is 0.251 e. The fraction of sp³-hybridized carbons (Fsp3) is 0.500. The second kappa shape index (κ2) is 7.83. The number of benzene rings is 1. The standard InChI is InChI=1S/C18H25N5O4/c1-11(25-2)17(24)22-5-7-23(8-6-22)18-20-13-10-15(27-4)14(26-3)9-12(13)16(19)21-18/h9-11H,5-8H2,1-4H3,(H2,19,20,21)/t11-/m0/s1. The van der Waals surface area contributed by atoms with Crippen LogP contribution in [0.3, 0.4) is 0 Å². The summed E-state index contributed by atoms with van der Waals surface area (Å²) in [6, 6.07) is 3.56. The highest BCUT2D eigenvalue weighted by molar-refractivity contribution is 5.91. The zero-order chi connectivity index (χ0) is 19.6. The fourth-order valence-electron chi connectivity index (χ4n) is 3.09. The van der Waals surface area contributed by atoms with Crippen LogP contribution < -0.4 is 20.1 Å². The first-order valence-corrected chi connectivity index (χ1v) is 8.74. The number of fused-ring (bicyclic) bond motifs is 1. The van der Waals surface area contributed by atoms with Crippen LogP contribution in [0.4, 0.5) is 11.8 Å². The van der Waals surface area contributed by atoms with Crippen molar-refractivity contribution in [2.75, 3.05) is 58.1 Å². The van der Waals surface area contributed by atoms with Gasteiger partial charge in [-0.1, -0.05) is 0 Å². The van der Waals surface area contributed by atoms with Gasteiger partial charge < -0.3 is 29.7 Å². The highest BCUT2D eigenvalue weighted by Gasteiger charge is 2.26. The van der Waals surface area contributed by atoms with E-state index in [9.17, 15) is 4.79 Å². The molecule has 0 unspecified atom stereocenters. The van der Waals surface area contributed by atoms with Gasteiger partial charge >= 0.3 is 0 Å². The van der Waals surface area contributed by atoms with E-state index in [-0.39, 0.29) is 5.91 Å². The number of carbonyl (C=O) groups is 1. The summed E-state index contributed by atoms with van der Waals surface area (Å²) in [5.74, 6) is 2.07. The molecule has 1 aliphatic heterocycles. The van der Waals surface area contributed by atoms with Crippen LogP contribution in [0.2, 0.25) is 0 Å². The van der Waals surface area contributed by atoms with Gasteiger partial charge in [-0.3, -0.25) is 4.79 Å². The second-order valence-corrected chi connectivity index (χ2v) is 6.32. The van der Waals surface area contributed by atoms with E-state index in [1.165, 1.54) is 7.11 Å². The Hall–Kier alpha value is -2.81. The summed E-state index contributed by atoms with van der Waals surface area (Å²) >= 11 is 0. The molecular formula is C18H25N5O4. The van der Waals surface area contributed by atoms with Crippen molar-refractivity contribution in [3.8, 4) is 11.5 Å². The zero-order valence-electron chi connectivity index (χ0n) is 16.1. The molecule has 1 aliphatic rings. The minimum absolute atomic E-state index is 0.00655. The molecule has 2 aromatic rings. The van der Waals surface area contributed by atoms with E-state index >= 15 is 0 Å². The van der Waals surface area contributed by atoms with Crippen LogP contribution in [0.15, 0.2) is 12.1 Å². The number of methoxy groups -OCH3 is 3. The Balaban J connectivity index is 1.83.